The molecule has 0 fully saturated rings. The van der Waals surface area contributed by atoms with Crippen LogP contribution in [0, 0.1) is 0 Å². The minimum Gasteiger partial charge on any atom is -0.326 e. The van der Waals surface area contributed by atoms with Crippen LogP contribution in [0.4, 0.5) is 11.4 Å². The van der Waals surface area contributed by atoms with Crippen molar-refractivity contribution in [2.24, 2.45) is 0 Å². The van der Waals surface area contributed by atoms with Crippen molar-refractivity contribution in [2.45, 2.75) is 34.8 Å². The first kappa shape index (κ1) is 20.7. The summed E-state index contributed by atoms with van der Waals surface area (Å²) in [6.45, 7) is 1.95. The molecule has 1 heterocycles. The predicted molar refractivity (Wildman–Crippen MR) is 112 cm³/mol. The predicted octanol–water partition coefficient (Wildman–Crippen LogP) is 3.97. The number of hydrogen-bond donors (Lipinski definition) is 2. The molecule has 28 heavy (non-hydrogen) atoms. The Labute approximate surface area is 173 Å². The van der Waals surface area contributed by atoms with Crippen LogP contribution < -0.4 is 10.6 Å². The number of thioether (sulfide) groups is 1. The minimum absolute atomic E-state index is 0.0808. The second kappa shape index (κ2) is 8.55. The van der Waals surface area contributed by atoms with Crippen molar-refractivity contribution in [3.8, 4) is 0 Å². The van der Waals surface area contributed by atoms with E-state index in [4.69, 9.17) is 11.6 Å². The van der Waals surface area contributed by atoms with Crippen molar-refractivity contribution in [1.29, 1.82) is 0 Å². The summed E-state index contributed by atoms with van der Waals surface area (Å²) >= 11 is 7.39. The van der Waals surface area contributed by atoms with Crippen molar-refractivity contribution in [3.05, 3.63) is 47.5 Å². The van der Waals surface area contributed by atoms with Crippen LogP contribution in [0.1, 0.15) is 19.8 Å². The van der Waals surface area contributed by atoms with Crippen LogP contribution in [0.15, 0.2) is 52.3 Å². The summed E-state index contributed by atoms with van der Waals surface area (Å²) in [4.78, 5) is 24.9. The first-order chi connectivity index (χ1) is 13.2. The third kappa shape index (κ3) is 5.27. The maximum absolute atomic E-state index is 12.6. The first-order valence-corrected chi connectivity index (χ1v) is 11.5. The lowest BCUT2D eigenvalue weighted by Gasteiger charge is -2.11. The van der Waals surface area contributed by atoms with Gasteiger partial charge in [-0.05, 0) is 36.4 Å². The molecule has 1 aliphatic rings. The standard InChI is InChI=1S/C19H19ClN2O4S2/c1-12-9-19(24)22-16-11-15(5-6-17(16)27-12)28(25,26)8-7-18(23)21-14-4-2-3-13(20)10-14/h2-6,10-12H,7-9H2,1H3,(H,21,23)(H,22,24)/t12-/m1/s1. The summed E-state index contributed by atoms with van der Waals surface area (Å²) in [5, 5.41) is 5.97. The van der Waals surface area contributed by atoms with E-state index < -0.39 is 15.7 Å². The number of carbonyl (C=O) groups is 2. The van der Waals surface area contributed by atoms with Crippen LogP contribution in [0.25, 0.3) is 0 Å². The number of nitrogens with one attached hydrogen (secondary N) is 2. The van der Waals surface area contributed by atoms with Crippen LogP contribution in [0.5, 0.6) is 0 Å². The van der Waals surface area contributed by atoms with Gasteiger partial charge in [-0.1, -0.05) is 24.6 Å². The van der Waals surface area contributed by atoms with Crippen molar-refractivity contribution < 1.29 is 18.0 Å². The smallest absolute Gasteiger partial charge is 0.225 e. The van der Waals surface area contributed by atoms with E-state index in [0.717, 1.165) is 4.90 Å². The van der Waals surface area contributed by atoms with Gasteiger partial charge >= 0.3 is 0 Å². The second-order valence-corrected chi connectivity index (χ2v) is 10.5. The summed E-state index contributed by atoms with van der Waals surface area (Å²) < 4.78 is 25.3. The van der Waals surface area contributed by atoms with Gasteiger partial charge in [0.25, 0.3) is 0 Å². The number of amides is 2. The zero-order valence-corrected chi connectivity index (χ0v) is 17.5. The number of anilines is 2. The maximum Gasteiger partial charge on any atom is 0.225 e. The van der Waals surface area contributed by atoms with Crippen LogP contribution >= 0.6 is 23.4 Å². The highest BCUT2D eigenvalue weighted by molar-refractivity contribution is 8.00. The quantitative estimate of drug-likeness (QED) is 0.736. The summed E-state index contributed by atoms with van der Waals surface area (Å²) in [6, 6.07) is 11.3. The number of rotatable bonds is 5. The molecule has 2 amide bonds. The number of hydrogen-bond acceptors (Lipinski definition) is 5. The fraction of sp³-hybridized carbons (Fsp3) is 0.263. The van der Waals surface area contributed by atoms with E-state index in [9.17, 15) is 18.0 Å². The first-order valence-electron chi connectivity index (χ1n) is 8.62. The van der Waals surface area contributed by atoms with Gasteiger partial charge in [0, 0.05) is 33.7 Å². The van der Waals surface area contributed by atoms with Crippen LogP contribution in [0.3, 0.4) is 0 Å². The third-order valence-corrected chi connectivity index (χ3v) is 7.22. The highest BCUT2D eigenvalue weighted by atomic mass is 35.5. The molecular formula is C19H19ClN2O4S2. The van der Waals surface area contributed by atoms with E-state index in [2.05, 4.69) is 10.6 Å². The molecule has 6 nitrogen and oxygen atoms in total. The maximum atomic E-state index is 12.6. The lowest BCUT2D eigenvalue weighted by atomic mass is 10.3. The van der Waals surface area contributed by atoms with Gasteiger partial charge in [0.05, 0.1) is 16.3 Å². The zero-order chi connectivity index (χ0) is 20.3. The Hall–Kier alpha value is -2.03. The molecular weight excluding hydrogens is 420 g/mol. The molecule has 0 spiro atoms. The largest absolute Gasteiger partial charge is 0.326 e. The molecule has 1 aliphatic heterocycles. The van der Waals surface area contributed by atoms with E-state index in [-0.39, 0.29) is 28.2 Å². The number of carbonyl (C=O) groups excluding carboxylic acids is 2. The number of halogens is 1. The van der Waals surface area contributed by atoms with Gasteiger partial charge in [-0.2, -0.15) is 0 Å². The van der Waals surface area contributed by atoms with Gasteiger partial charge in [-0.15, -0.1) is 11.8 Å². The van der Waals surface area contributed by atoms with Crippen LogP contribution in [-0.2, 0) is 19.4 Å². The molecule has 0 bridgehead atoms. The zero-order valence-electron chi connectivity index (χ0n) is 15.1. The molecule has 0 radical (unpaired) electrons. The Balaban J connectivity index is 1.69. The second-order valence-electron chi connectivity index (χ2n) is 6.47. The van der Waals surface area contributed by atoms with Crippen LogP contribution in [0.2, 0.25) is 5.02 Å². The average Bonchev–Trinajstić information content (AvgIpc) is 2.75. The minimum atomic E-state index is -3.68. The fourth-order valence-electron chi connectivity index (χ4n) is 2.76. The molecule has 0 unspecified atom stereocenters. The molecule has 0 saturated heterocycles. The van der Waals surface area contributed by atoms with Gasteiger partial charge in [-0.3, -0.25) is 9.59 Å². The Morgan fingerprint density at radius 3 is 2.82 bits per heavy atom. The van der Waals surface area contributed by atoms with Crippen molar-refractivity contribution >= 4 is 56.4 Å². The van der Waals surface area contributed by atoms with E-state index in [1.165, 1.54) is 23.9 Å². The van der Waals surface area contributed by atoms with Crippen molar-refractivity contribution in [3.63, 3.8) is 0 Å². The Bertz CT molecular complexity index is 1020. The molecule has 9 heteroatoms. The lowest BCUT2D eigenvalue weighted by Crippen LogP contribution is -2.18. The molecule has 2 aromatic rings. The molecule has 1 atom stereocenters. The van der Waals surface area contributed by atoms with Gasteiger partial charge in [0.1, 0.15) is 0 Å². The van der Waals surface area contributed by atoms with E-state index in [0.29, 0.717) is 22.8 Å². The molecule has 0 saturated carbocycles. The Morgan fingerprint density at radius 1 is 1.29 bits per heavy atom. The Kier molecular flexibility index (Phi) is 6.32. The van der Waals surface area contributed by atoms with Crippen molar-refractivity contribution in [1.82, 2.24) is 0 Å². The third-order valence-electron chi connectivity index (χ3n) is 4.09. The molecule has 2 N–H and O–H groups in total. The van der Waals surface area contributed by atoms with Gasteiger partial charge < -0.3 is 10.6 Å². The number of sulfone groups is 1. The van der Waals surface area contributed by atoms with Crippen molar-refractivity contribution in [2.75, 3.05) is 16.4 Å². The molecule has 2 aromatic carbocycles. The average molecular weight is 439 g/mol. The number of benzene rings is 2. The molecule has 0 aliphatic carbocycles. The Morgan fingerprint density at radius 2 is 2.07 bits per heavy atom. The summed E-state index contributed by atoms with van der Waals surface area (Å²) in [7, 11) is -3.68. The van der Waals surface area contributed by atoms with E-state index in [1.807, 2.05) is 6.92 Å². The lowest BCUT2D eigenvalue weighted by molar-refractivity contribution is -0.116. The molecule has 148 valence electrons. The monoisotopic (exact) mass is 438 g/mol. The highest BCUT2D eigenvalue weighted by Gasteiger charge is 2.22. The summed E-state index contributed by atoms with van der Waals surface area (Å²) in [5.41, 5.74) is 0.998. The topological polar surface area (TPSA) is 92.3 Å². The van der Waals surface area contributed by atoms with Gasteiger partial charge in [0.2, 0.25) is 11.8 Å². The van der Waals surface area contributed by atoms with E-state index in [1.54, 1.807) is 30.3 Å². The SMILES string of the molecule is C[C@@H]1CC(=O)Nc2cc(S(=O)(=O)CCC(=O)Nc3cccc(Cl)c3)ccc2S1. The normalized spacial score (nSPS) is 16.6. The van der Waals surface area contributed by atoms with Gasteiger partial charge in [0.15, 0.2) is 9.84 Å². The van der Waals surface area contributed by atoms with E-state index >= 15 is 0 Å². The fourth-order valence-corrected chi connectivity index (χ4v) is 5.26. The van der Waals surface area contributed by atoms with Gasteiger partial charge in [-0.25, -0.2) is 8.42 Å². The summed E-state index contributed by atoms with van der Waals surface area (Å²) in [6.07, 6.45) is 0.176. The highest BCUT2D eigenvalue weighted by Crippen LogP contribution is 2.36. The molecule has 0 aromatic heterocycles. The number of fused-ring (bicyclic) bond motifs is 1. The van der Waals surface area contributed by atoms with Crippen LogP contribution in [-0.4, -0.2) is 31.2 Å². The summed E-state index contributed by atoms with van der Waals surface area (Å²) in [5.74, 6) is -0.900. The molecule has 3 rings (SSSR count).